The van der Waals surface area contributed by atoms with Gasteiger partial charge in [0.25, 0.3) is 0 Å². The molecule has 1 aromatic carbocycles. The largest absolute Gasteiger partial charge is 0.297 e. The van der Waals surface area contributed by atoms with E-state index in [4.69, 9.17) is 0 Å². The highest BCUT2D eigenvalue weighted by molar-refractivity contribution is 7.17. The van der Waals surface area contributed by atoms with E-state index >= 15 is 0 Å². The van der Waals surface area contributed by atoms with Crippen LogP contribution in [-0.4, -0.2) is 6.29 Å². The highest BCUT2D eigenvalue weighted by Crippen LogP contribution is 2.30. The molecule has 2 aromatic rings. The highest BCUT2D eigenvalue weighted by Gasteiger charge is 2.11. The van der Waals surface area contributed by atoms with Crippen LogP contribution in [0.2, 0.25) is 0 Å². The van der Waals surface area contributed by atoms with E-state index in [0.29, 0.717) is 16.0 Å². The Labute approximate surface area is 95.4 Å². The van der Waals surface area contributed by atoms with Crippen LogP contribution in [0.25, 0.3) is 10.4 Å². The predicted molar refractivity (Wildman–Crippen MR) is 59.8 cm³/mol. The zero-order valence-corrected chi connectivity index (χ0v) is 9.28. The van der Waals surface area contributed by atoms with Gasteiger partial charge in [0.1, 0.15) is 11.6 Å². The van der Waals surface area contributed by atoms with Gasteiger partial charge in [-0.15, -0.1) is 11.3 Å². The van der Waals surface area contributed by atoms with Crippen LogP contribution in [0.15, 0.2) is 24.3 Å². The average Bonchev–Trinajstić information content (AvgIpc) is 2.71. The summed E-state index contributed by atoms with van der Waals surface area (Å²) in [6, 6.07) is 5.52. The van der Waals surface area contributed by atoms with Crippen molar-refractivity contribution in [3.63, 3.8) is 0 Å². The van der Waals surface area contributed by atoms with Crippen molar-refractivity contribution in [2.75, 3.05) is 0 Å². The average molecular weight is 238 g/mol. The van der Waals surface area contributed by atoms with Crippen LogP contribution in [0.1, 0.15) is 15.2 Å². The first-order valence-electron chi connectivity index (χ1n) is 4.63. The molecule has 0 saturated heterocycles. The molecule has 4 heteroatoms. The first-order valence-corrected chi connectivity index (χ1v) is 5.44. The van der Waals surface area contributed by atoms with Crippen LogP contribution in [0.5, 0.6) is 0 Å². The minimum atomic E-state index is -0.474. The first-order chi connectivity index (χ1) is 7.61. The molecule has 0 spiro atoms. The number of benzene rings is 1. The second-order valence-corrected chi connectivity index (χ2v) is 4.52. The highest BCUT2D eigenvalue weighted by atomic mass is 32.1. The van der Waals surface area contributed by atoms with Crippen LogP contribution in [-0.2, 0) is 0 Å². The van der Waals surface area contributed by atoms with E-state index in [9.17, 15) is 13.6 Å². The Hall–Kier alpha value is -1.55. The Kier molecular flexibility index (Phi) is 2.83. The monoisotopic (exact) mass is 238 g/mol. The van der Waals surface area contributed by atoms with Gasteiger partial charge >= 0.3 is 0 Å². The molecule has 2 rings (SSSR count). The third-order valence-electron chi connectivity index (χ3n) is 2.26. The molecular weight excluding hydrogens is 230 g/mol. The van der Waals surface area contributed by atoms with Gasteiger partial charge in [-0.2, -0.15) is 0 Å². The molecule has 0 N–H and O–H groups in total. The van der Waals surface area contributed by atoms with Gasteiger partial charge in [0, 0.05) is 10.4 Å². The smallest absolute Gasteiger partial charge is 0.160 e. The van der Waals surface area contributed by atoms with Crippen molar-refractivity contribution in [3.8, 4) is 10.4 Å². The number of rotatable bonds is 2. The van der Waals surface area contributed by atoms with Crippen LogP contribution >= 0.6 is 11.3 Å². The lowest BCUT2D eigenvalue weighted by molar-refractivity contribution is 0.112. The minimum absolute atomic E-state index is 0.196. The lowest BCUT2D eigenvalue weighted by Crippen LogP contribution is -1.88. The molecule has 0 radical (unpaired) electrons. The molecule has 0 amide bonds. The van der Waals surface area contributed by atoms with Crippen molar-refractivity contribution in [1.82, 2.24) is 0 Å². The summed E-state index contributed by atoms with van der Waals surface area (Å²) >= 11 is 1.14. The van der Waals surface area contributed by atoms with Crippen molar-refractivity contribution in [1.29, 1.82) is 0 Å². The molecule has 0 saturated carbocycles. The Balaban J connectivity index is 2.55. The van der Waals surface area contributed by atoms with Gasteiger partial charge in [-0.1, -0.05) is 0 Å². The third kappa shape index (κ3) is 1.88. The standard InChI is InChI=1S/C12H8F2OS/c1-7-4-11(14)9(5-10(7)13)12-3-2-8(6-15)16-12/h2-6H,1H3. The molecule has 0 aliphatic carbocycles. The maximum atomic E-state index is 13.6. The van der Waals surface area contributed by atoms with Crippen molar-refractivity contribution in [3.05, 3.63) is 46.3 Å². The molecule has 82 valence electrons. The Morgan fingerprint density at radius 3 is 2.56 bits per heavy atom. The lowest BCUT2D eigenvalue weighted by Gasteiger charge is -2.02. The molecule has 1 aromatic heterocycles. The van der Waals surface area contributed by atoms with E-state index < -0.39 is 11.6 Å². The lowest BCUT2D eigenvalue weighted by atomic mass is 10.1. The summed E-state index contributed by atoms with van der Waals surface area (Å²) in [5.74, 6) is -0.921. The van der Waals surface area contributed by atoms with Gasteiger partial charge in [-0.05, 0) is 36.8 Å². The number of carbonyl (C=O) groups excluding carboxylic acids is 1. The molecule has 0 bridgehead atoms. The van der Waals surface area contributed by atoms with Crippen LogP contribution in [0.3, 0.4) is 0 Å². The van der Waals surface area contributed by atoms with E-state index in [1.54, 1.807) is 12.1 Å². The van der Waals surface area contributed by atoms with E-state index in [2.05, 4.69) is 0 Å². The van der Waals surface area contributed by atoms with Gasteiger partial charge in [0.15, 0.2) is 6.29 Å². The fraction of sp³-hybridized carbons (Fsp3) is 0.0833. The molecule has 1 heterocycles. The summed E-state index contributed by atoms with van der Waals surface area (Å²) in [4.78, 5) is 11.5. The topological polar surface area (TPSA) is 17.1 Å². The molecular formula is C12H8F2OS. The molecule has 0 aliphatic heterocycles. The molecule has 0 atom stereocenters. The van der Waals surface area contributed by atoms with E-state index in [1.165, 1.54) is 6.92 Å². The van der Waals surface area contributed by atoms with Gasteiger partial charge in [-0.25, -0.2) is 8.78 Å². The van der Waals surface area contributed by atoms with Crippen LogP contribution in [0, 0.1) is 18.6 Å². The van der Waals surface area contributed by atoms with Gasteiger partial charge < -0.3 is 0 Å². The summed E-state index contributed by atoms with van der Waals surface area (Å²) in [5.41, 5.74) is 0.467. The number of aldehydes is 1. The Morgan fingerprint density at radius 1 is 1.19 bits per heavy atom. The zero-order valence-electron chi connectivity index (χ0n) is 8.46. The number of hydrogen-bond donors (Lipinski definition) is 0. The SMILES string of the molecule is Cc1cc(F)c(-c2ccc(C=O)s2)cc1F. The summed E-state index contributed by atoms with van der Waals surface area (Å²) in [5, 5.41) is 0. The van der Waals surface area contributed by atoms with Crippen molar-refractivity contribution >= 4 is 17.6 Å². The first kappa shape index (κ1) is 11.0. The minimum Gasteiger partial charge on any atom is -0.297 e. The summed E-state index contributed by atoms with van der Waals surface area (Å²) in [6.07, 6.45) is 0.691. The maximum absolute atomic E-state index is 13.6. The summed E-state index contributed by atoms with van der Waals surface area (Å²) in [6.45, 7) is 1.51. The predicted octanol–water partition coefficient (Wildman–Crippen LogP) is 3.81. The number of aryl methyl sites for hydroxylation is 1. The Bertz CT molecular complexity index is 546. The zero-order chi connectivity index (χ0) is 11.7. The van der Waals surface area contributed by atoms with Gasteiger partial charge in [0.2, 0.25) is 0 Å². The van der Waals surface area contributed by atoms with E-state index in [-0.39, 0.29) is 11.1 Å². The van der Waals surface area contributed by atoms with Crippen molar-refractivity contribution in [2.45, 2.75) is 6.92 Å². The number of carbonyl (C=O) groups is 1. The fourth-order valence-corrected chi connectivity index (χ4v) is 2.24. The molecule has 0 aliphatic rings. The third-order valence-corrected chi connectivity index (χ3v) is 3.30. The van der Waals surface area contributed by atoms with Gasteiger partial charge in [-0.3, -0.25) is 4.79 Å². The van der Waals surface area contributed by atoms with Crippen molar-refractivity contribution < 1.29 is 13.6 Å². The van der Waals surface area contributed by atoms with Gasteiger partial charge in [0.05, 0.1) is 4.88 Å². The van der Waals surface area contributed by atoms with E-state index in [1.807, 2.05) is 0 Å². The van der Waals surface area contributed by atoms with Crippen LogP contribution < -0.4 is 0 Å². The maximum Gasteiger partial charge on any atom is 0.160 e. The fourth-order valence-electron chi connectivity index (χ4n) is 1.40. The number of hydrogen-bond acceptors (Lipinski definition) is 2. The second-order valence-electron chi connectivity index (χ2n) is 3.40. The summed E-state index contributed by atoms with van der Waals surface area (Å²) in [7, 11) is 0. The number of thiophene rings is 1. The molecule has 0 fully saturated rings. The normalized spacial score (nSPS) is 10.4. The van der Waals surface area contributed by atoms with Crippen LogP contribution in [0.4, 0.5) is 8.78 Å². The van der Waals surface area contributed by atoms with Crippen molar-refractivity contribution in [2.24, 2.45) is 0 Å². The Morgan fingerprint density at radius 2 is 1.94 bits per heavy atom. The quantitative estimate of drug-likeness (QED) is 0.727. The number of halogens is 2. The summed E-state index contributed by atoms with van der Waals surface area (Å²) < 4.78 is 26.9. The molecule has 1 nitrogen and oxygen atoms in total. The van der Waals surface area contributed by atoms with E-state index in [0.717, 1.165) is 23.5 Å². The molecule has 0 unspecified atom stereocenters. The second kappa shape index (κ2) is 4.14. The molecule has 16 heavy (non-hydrogen) atoms.